The Kier molecular flexibility index (Phi) is 3.84. The highest BCUT2D eigenvalue weighted by Gasteiger charge is 2.03. The van der Waals surface area contributed by atoms with E-state index in [9.17, 15) is 0 Å². The van der Waals surface area contributed by atoms with Crippen LogP contribution >= 0.6 is 15.9 Å². The molecule has 1 aromatic heterocycles. The number of aromatic amines is 1. The zero-order chi connectivity index (χ0) is 12.3. The SMILES string of the molecule is CC(C)CNc1ncc(-c2ccc(Br)cc2)[nH]1. The number of anilines is 1. The van der Waals surface area contributed by atoms with Crippen LogP contribution in [0, 0.1) is 5.92 Å². The van der Waals surface area contributed by atoms with E-state index in [0.29, 0.717) is 5.92 Å². The van der Waals surface area contributed by atoms with Crippen molar-refractivity contribution < 1.29 is 0 Å². The minimum Gasteiger partial charge on any atom is -0.356 e. The molecule has 0 radical (unpaired) electrons. The van der Waals surface area contributed by atoms with Crippen molar-refractivity contribution in [2.75, 3.05) is 11.9 Å². The lowest BCUT2D eigenvalue weighted by Crippen LogP contribution is -2.08. The predicted molar refractivity (Wildman–Crippen MR) is 75.1 cm³/mol. The molecule has 4 heteroatoms. The molecule has 1 heterocycles. The normalized spacial score (nSPS) is 10.8. The molecule has 2 N–H and O–H groups in total. The molecule has 0 unspecified atom stereocenters. The van der Waals surface area contributed by atoms with E-state index in [2.05, 4.69) is 57.2 Å². The number of nitrogens with zero attached hydrogens (tertiary/aromatic N) is 1. The number of nitrogens with one attached hydrogen (secondary N) is 2. The second-order valence-electron chi connectivity index (χ2n) is 4.43. The molecular weight excluding hydrogens is 278 g/mol. The summed E-state index contributed by atoms with van der Waals surface area (Å²) in [6, 6.07) is 8.17. The molecule has 0 aliphatic heterocycles. The Morgan fingerprint density at radius 1 is 1.29 bits per heavy atom. The number of rotatable bonds is 4. The van der Waals surface area contributed by atoms with Crippen molar-refractivity contribution in [3.8, 4) is 11.3 Å². The number of aromatic nitrogens is 2. The Morgan fingerprint density at radius 3 is 2.65 bits per heavy atom. The quantitative estimate of drug-likeness (QED) is 0.897. The molecule has 90 valence electrons. The van der Waals surface area contributed by atoms with Crippen molar-refractivity contribution in [1.29, 1.82) is 0 Å². The van der Waals surface area contributed by atoms with Gasteiger partial charge in [0.25, 0.3) is 0 Å². The molecule has 0 amide bonds. The minimum absolute atomic E-state index is 0.608. The van der Waals surface area contributed by atoms with Gasteiger partial charge in [-0.2, -0.15) is 0 Å². The molecule has 0 atom stereocenters. The van der Waals surface area contributed by atoms with Gasteiger partial charge in [-0.15, -0.1) is 0 Å². The van der Waals surface area contributed by atoms with Gasteiger partial charge >= 0.3 is 0 Å². The highest BCUT2D eigenvalue weighted by atomic mass is 79.9. The van der Waals surface area contributed by atoms with Gasteiger partial charge in [-0.05, 0) is 23.6 Å². The first-order valence-electron chi connectivity index (χ1n) is 5.70. The van der Waals surface area contributed by atoms with E-state index in [-0.39, 0.29) is 0 Å². The Labute approximate surface area is 110 Å². The number of hydrogen-bond donors (Lipinski definition) is 2. The molecule has 0 saturated heterocycles. The van der Waals surface area contributed by atoms with Crippen LogP contribution in [-0.2, 0) is 0 Å². The van der Waals surface area contributed by atoms with Gasteiger partial charge in [0, 0.05) is 11.0 Å². The number of hydrogen-bond acceptors (Lipinski definition) is 2. The molecular formula is C13H16BrN3. The second kappa shape index (κ2) is 5.36. The van der Waals surface area contributed by atoms with E-state index >= 15 is 0 Å². The first-order valence-corrected chi connectivity index (χ1v) is 6.49. The fraction of sp³-hybridized carbons (Fsp3) is 0.308. The molecule has 0 fully saturated rings. The van der Waals surface area contributed by atoms with E-state index in [1.54, 1.807) is 0 Å². The van der Waals surface area contributed by atoms with Gasteiger partial charge in [0.15, 0.2) is 0 Å². The van der Waals surface area contributed by atoms with E-state index < -0.39 is 0 Å². The van der Waals surface area contributed by atoms with Crippen LogP contribution in [0.3, 0.4) is 0 Å². The molecule has 17 heavy (non-hydrogen) atoms. The van der Waals surface area contributed by atoms with Gasteiger partial charge in [-0.3, -0.25) is 0 Å². The topological polar surface area (TPSA) is 40.7 Å². The number of benzene rings is 1. The van der Waals surface area contributed by atoms with Gasteiger partial charge in [0.05, 0.1) is 11.9 Å². The van der Waals surface area contributed by atoms with Crippen LogP contribution in [-0.4, -0.2) is 16.5 Å². The van der Waals surface area contributed by atoms with Crippen molar-refractivity contribution in [3.63, 3.8) is 0 Å². The van der Waals surface area contributed by atoms with Crippen molar-refractivity contribution in [2.24, 2.45) is 5.92 Å². The Morgan fingerprint density at radius 2 is 2.00 bits per heavy atom. The summed E-state index contributed by atoms with van der Waals surface area (Å²) in [5.74, 6) is 1.44. The fourth-order valence-electron chi connectivity index (χ4n) is 1.49. The standard InChI is InChI=1S/C13H16BrN3/c1-9(2)7-15-13-16-8-12(17-13)10-3-5-11(14)6-4-10/h3-6,8-9H,7H2,1-2H3,(H2,15,16,17). The zero-order valence-electron chi connectivity index (χ0n) is 10.00. The molecule has 0 spiro atoms. The highest BCUT2D eigenvalue weighted by Crippen LogP contribution is 2.20. The van der Waals surface area contributed by atoms with E-state index in [4.69, 9.17) is 0 Å². The summed E-state index contributed by atoms with van der Waals surface area (Å²) < 4.78 is 1.08. The van der Waals surface area contributed by atoms with Crippen molar-refractivity contribution >= 4 is 21.9 Å². The van der Waals surface area contributed by atoms with Crippen molar-refractivity contribution in [3.05, 3.63) is 34.9 Å². The fourth-order valence-corrected chi connectivity index (χ4v) is 1.75. The van der Waals surface area contributed by atoms with Gasteiger partial charge in [0.1, 0.15) is 0 Å². The van der Waals surface area contributed by atoms with Gasteiger partial charge in [-0.25, -0.2) is 4.98 Å². The molecule has 2 rings (SSSR count). The monoisotopic (exact) mass is 293 g/mol. The molecule has 0 aliphatic rings. The third-order valence-electron chi connectivity index (χ3n) is 2.41. The average molecular weight is 294 g/mol. The van der Waals surface area contributed by atoms with Gasteiger partial charge in [0.2, 0.25) is 5.95 Å². The average Bonchev–Trinajstić information content (AvgIpc) is 2.76. The van der Waals surface area contributed by atoms with Gasteiger partial charge in [-0.1, -0.05) is 41.9 Å². The lowest BCUT2D eigenvalue weighted by atomic mass is 10.2. The lowest BCUT2D eigenvalue weighted by Gasteiger charge is -2.05. The molecule has 0 bridgehead atoms. The maximum atomic E-state index is 4.31. The summed E-state index contributed by atoms with van der Waals surface area (Å²) in [7, 11) is 0. The Bertz CT molecular complexity index is 474. The predicted octanol–water partition coefficient (Wildman–Crippen LogP) is 3.91. The number of halogens is 1. The first-order chi connectivity index (χ1) is 8.15. The lowest BCUT2D eigenvalue weighted by molar-refractivity contribution is 0.685. The number of imidazole rings is 1. The van der Waals surface area contributed by atoms with Crippen LogP contribution in [0.4, 0.5) is 5.95 Å². The van der Waals surface area contributed by atoms with Crippen LogP contribution in [0.1, 0.15) is 13.8 Å². The molecule has 0 aliphatic carbocycles. The summed E-state index contributed by atoms with van der Waals surface area (Å²) in [6.07, 6.45) is 1.85. The number of H-pyrrole nitrogens is 1. The van der Waals surface area contributed by atoms with Crippen LogP contribution in [0.25, 0.3) is 11.3 Å². The van der Waals surface area contributed by atoms with Crippen LogP contribution in [0.2, 0.25) is 0 Å². The molecule has 3 nitrogen and oxygen atoms in total. The summed E-state index contributed by atoms with van der Waals surface area (Å²) in [4.78, 5) is 7.58. The van der Waals surface area contributed by atoms with Gasteiger partial charge < -0.3 is 10.3 Å². The Hall–Kier alpha value is -1.29. The molecule has 0 saturated carbocycles. The summed E-state index contributed by atoms with van der Waals surface area (Å²) >= 11 is 3.43. The van der Waals surface area contributed by atoms with Crippen LogP contribution in [0.15, 0.2) is 34.9 Å². The van der Waals surface area contributed by atoms with Crippen LogP contribution < -0.4 is 5.32 Å². The third kappa shape index (κ3) is 3.33. The first kappa shape index (κ1) is 12.2. The van der Waals surface area contributed by atoms with Crippen molar-refractivity contribution in [2.45, 2.75) is 13.8 Å². The molecule has 2 aromatic rings. The maximum Gasteiger partial charge on any atom is 0.200 e. The van der Waals surface area contributed by atoms with E-state index in [0.717, 1.165) is 28.2 Å². The summed E-state index contributed by atoms with van der Waals surface area (Å²) in [5.41, 5.74) is 2.17. The van der Waals surface area contributed by atoms with E-state index in [1.165, 1.54) is 0 Å². The maximum absolute atomic E-state index is 4.31. The highest BCUT2D eigenvalue weighted by molar-refractivity contribution is 9.10. The molecule has 1 aromatic carbocycles. The minimum atomic E-state index is 0.608. The largest absolute Gasteiger partial charge is 0.356 e. The Balaban J connectivity index is 2.10. The summed E-state index contributed by atoms with van der Waals surface area (Å²) in [5, 5.41) is 3.27. The van der Waals surface area contributed by atoms with E-state index in [1.807, 2.05) is 18.3 Å². The summed E-state index contributed by atoms with van der Waals surface area (Å²) in [6.45, 7) is 5.27. The zero-order valence-corrected chi connectivity index (χ0v) is 11.6. The smallest absolute Gasteiger partial charge is 0.200 e. The van der Waals surface area contributed by atoms with Crippen LogP contribution in [0.5, 0.6) is 0 Å². The third-order valence-corrected chi connectivity index (χ3v) is 2.94. The second-order valence-corrected chi connectivity index (χ2v) is 5.34. The van der Waals surface area contributed by atoms with Crippen molar-refractivity contribution in [1.82, 2.24) is 9.97 Å².